The predicted molar refractivity (Wildman–Crippen MR) is 55.1 cm³/mol. The molecule has 4 unspecified atom stereocenters. The molecule has 4 atom stereocenters. The molecule has 0 aromatic heterocycles. The SMILES string of the molecule is COC1C(/C=[N+](/C)[O-])OC2OC(C)(C)OC21. The normalized spacial score (nSPS) is 42.4. The van der Waals surface area contributed by atoms with Crippen LogP contribution in [-0.4, -0.2) is 55.5 Å². The largest absolute Gasteiger partial charge is 0.624 e. The fourth-order valence-electron chi connectivity index (χ4n) is 2.10. The number of rotatable bonds is 2. The van der Waals surface area contributed by atoms with Crippen molar-refractivity contribution in [3.05, 3.63) is 5.21 Å². The molecule has 2 aliphatic rings. The lowest BCUT2D eigenvalue weighted by atomic mass is 10.1. The van der Waals surface area contributed by atoms with E-state index in [-0.39, 0.29) is 12.2 Å². The Morgan fingerprint density at radius 3 is 2.62 bits per heavy atom. The van der Waals surface area contributed by atoms with E-state index >= 15 is 0 Å². The molecule has 0 radical (unpaired) electrons. The Balaban J connectivity index is 2.13. The molecule has 0 saturated carbocycles. The van der Waals surface area contributed by atoms with Crippen molar-refractivity contribution >= 4 is 6.21 Å². The number of ether oxygens (including phenoxy) is 4. The Kier molecular flexibility index (Phi) is 2.91. The molecule has 2 fully saturated rings. The summed E-state index contributed by atoms with van der Waals surface area (Å²) in [5.74, 6) is -0.666. The number of hydrogen-bond acceptors (Lipinski definition) is 5. The van der Waals surface area contributed by atoms with Crippen LogP contribution >= 0.6 is 0 Å². The number of hydroxylamine groups is 1. The fraction of sp³-hybridized carbons (Fsp3) is 0.900. The maximum atomic E-state index is 11.0. The summed E-state index contributed by atoms with van der Waals surface area (Å²) >= 11 is 0. The second kappa shape index (κ2) is 3.96. The second-order valence-corrected chi connectivity index (χ2v) is 4.46. The summed E-state index contributed by atoms with van der Waals surface area (Å²) in [5.41, 5.74) is 0. The third-order valence-corrected chi connectivity index (χ3v) is 2.66. The maximum Gasteiger partial charge on any atom is 0.190 e. The van der Waals surface area contributed by atoms with Crippen molar-refractivity contribution in [3.8, 4) is 0 Å². The monoisotopic (exact) mass is 231 g/mol. The highest BCUT2D eigenvalue weighted by atomic mass is 16.8. The molecule has 0 aliphatic carbocycles. The van der Waals surface area contributed by atoms with Gasteiger partial charge < -0.3 is 24.2 Å². The van der Waals surface area contributed by atoms with Gasteiger partial charge in [0.1, 0.15) is 19.3 Å². The molecule has 0 aromatic rings. The average Bonchev–Trinajstić information content (AvgIpc) is 2.54. The van der Waals surface area contributed by atoms with Crippen LogP contribution < -0.4 is 0 Å². The fourth-order valence-corrected chi connectivity index (χ4v) is 2.10. The van der Waals surface area contributed by atoms with E-state index in [0.29, 0.717) is 4.74 Å². The van der Waals surface area contributed by atoms with E-state index < -0.39 is 18.2 Å². The summed E-state index contributed by atoms with van der Waals surface area (Å²) in [7, 11) is 2.96. The minimum absolute atomic E-state index is 0.291. The number of fused-ring (bicyclic) bond motifs is 1. The zero-order valence-electron chi connectivity index (χ0n) is 9.88. The molecule has 0 amide bonds. The highest BCUT2D eigenvalue weighted by Gasteiger charge is 2.55. The first-order valence-electron chi connectivity index (χ1n) is 5.22. The summed E-state index contributed by atoms with van der Waals surface area (Å²) in [4.78, 5) is 0. The van der Waals surface area contributed by atoms with Crippen molar-refractivity contribution in [1.82, 2.24) is 0 Å². The Morgan fingerprint density at radius 2 is 2.06 bits per heavy atom. The topological polar surface area (TPSA) is 63.0 Å². The number of hydrogen-bond donors (Lipinski definition) is 0. The van der Waals surface area contributed by atoms with Gasteiger partial charge in [-0.1, -0.05) is 0 Å². The first-order valence-corrected chi connectivity index (χ1v) is 5.22. The minimum atomic E-state index is -0.666. The maximum absolute atomic E-state index is 11.0. The van der Waals surface area contributed by atoms with E-state index in [1.54, 1.807) is 7.11 Å². The van der Waals surface area contributed by atoms with Crippen LogP contribution in [-0.2, 0) is 18.9 Å². The Morgan fingerprint density at radius 1 is 1.38 bits per heavy atom. The van der Waals surface area contributed by atoms with Crippen molar-refractivity contribution in [2.24, 2.45) is 0 Å². The Labute approximate surface area is 94.3 Å². The van der Waals surface area contributed by atoms with E-state index in [9.17, 15) is 5.21 Å². The molecule has 2 aliphatic heterocycles. The van der Waals surface area contributed by atoms with Crippen LogP contribution in [0.5, 0.6) is 0 Å². The van der Waals surface area contributed by atoms with Gasteiger partial charge in [-0.25, -0.2) is 4.74 Å². The summed E-state index contributed by atoms with van der Waals surface area (Å²) in [6.07, 6.45) is -0.101. The van der Waals surface area contributed by atoms with Crippen LogP contribution in [0.15, 0.2) is 0 Å². The third-order valence-electron chi connectivity index (χ3n) is 2.66. The molecular formula is C10H17NO5. The van der Waals surface area contributed by atoms with Crippen molar-refractivity contribution in [2.75, 3.05) is 14.2 Å². The van der Waals surface area contributed by atoms with Crippen molar-refractivity contribution in [2.45, 2.75) is 44.2 Å². The highest BCUT2D eigenvalue weighted by Crippen LogP contribution is 2.37. The Hall–Kier alpha value is -0.690. The summed E-state index contributed by atoms with van der Waals surface area (Å²) in [5, 5.41) is 11.0. The first-order chi connectivity index (χ1) is 7.43. The quantitative estimate of drug-likeness (QED) is 0.292. The molecule has 2 saturated heterocycles. The van der Waals surface area contributed by atoms with Gasteiger partial charge in [0.25, 0.3) is 0 Å². The third kappa shape index (κ3) is 2.06. The molecule has 16 heavy (non-hydrogen) atoms. The molecule has 92 valence electrons. The van der Waals surface area contributed by atoms with Crippen LogP contribution in [0.1, 0.15) is 13.8 Å². The van der Waals surface area contributed by atoms with Crippen LogP contribution in [0.4, 0.5) is 0 Å². The summed E-state index contributed by atoms with van der Waals surface area (Å²) in [6.45, 7) is 3.64. The van der Waals surface area contributed by atoms with Gasteiger partial charge in [-0.05, 0) is 13.8 Å². The number of methoxy groups -OCH3 is 1. The molecule has 0 bridgehead atoms. The summed E-state index contributed by atoms with van der Waals surface area (Å²) in [6, 6.07) is 0. The van der Waals surface area contributed by atoms with Crippen LogP contribution in [0.25, 0.3) is 0 Å². The van der Waals surface area contributed by atoms with Crippen molar-refractivity contribution < 1.29 is 23.7 Å². The van der Waals surface area contributed by atoms with E-state index in [1.165, 1.54) is 13.3 Å². The molecule has 0 aromatic carbocycles. The van der Waals surface area contributed by atoms with Crippen LogP contribution in [0, 0.1) is 5.21 Å². The molecule has 6 heteroatoms. The predicted octanol–water partition coefficient (Wildman–Crippen LogP) is 0.0887. The van der Waals surface area contributed by atoms with Crippen molar-refractivity contribution in [1.29, 1.82) is 0 Å². The molecular weight excluding hydrogens is 214 g/mol. The van der Waals surface area contributed by atoms with Crippen LogP contribution in [0.3, 0.4) is 0 Å². The van der Waals surface area contributed by atoms with E-state index in [2.05, 4.69) is 0 Å². The van der Waals surface area contributed by atoms with E-state index in [1.807, 2.05) is 13.8 Å². The standard InChI is InChI=1S/C10H17NO5/c1-10(2)15-8-7(13-4)6(5-11(3)12)14-9(8)16-10/h5-9H,1-4H3/b11-5-. The van der Waals surface area contributed by atoms with Gasteiger partial charge in [0.2, 0.25) is 0 Å². The van der Waals surface area contributed by atoms with Gasteiger partial charge in [0.15, 0.2) is 24.4 Å². The second-order valence-electron chi connectivity index (χ2n) is 4.46. The average molecular weight is 231 g/mol. The molecule has 6 nitrogen and oxygen atoms in total. The highest BCUT2D eigenvalue weighted by molar-refractivity contribution is 5.59. The zero-order chi connectivity index (χ0) is 11.9. The first kappa shape index (κ1) is 11.8. The van der Waals surface area contributed by atoms with Gasteiger partial charge >= 0.3 is 0 Å². The number of nitrogens with zero attached hydrogens (tertiary/aromatic N) is 1. The van der Waals surface area contributed by atoms with E-state index in [0.717, 1.165) is 0 Å². The lowest BCUT2D eigenvalue weighted by Crippen LogP contribution is -2.37. The van der Waals surface area contributed by atoms with Gasteiger partial charge in [0, 0.05) is 7.11 Å². The van der Waals surface area contributed by atoms with Crippen LogP contribution in [0.2, 0.25) is 0 Å². The van der Waals surface area contributed by atoms with E-state index in [4.69, 9.17) is 18.9 Å². The lowest BCUT2D eigenvalue weighted by Gasteiger charge is -2.22. The molecule has 0 N–H and O–H groups in total. The molecule has 2 rings (SSSR count). The van der Waals surface area contributed by atoms with Gasteiger partial charge in [0.05, 0.1) is 0 Å². The molecule has 2 heterocycles. The lowest BCUT2D eigenvalue weighted by molar-refractivity contribution is -0.421. The Bertz CT molecular complexity index is 300. The molecule has 0 spiro atoms. The van der Waals surface area contributed by atoms with Gasteiger partial charge in [-0.3, -0.25) is 0 Å². The van der Waals surface area contributed by atoms with Gasteiger partial charge in [-0.15, -0.1) is 0 Å². The van der Waals surface area contributed by atoms with Gasteiger partial charge in [-0.2, -0.15) is 0 Å². The minimum Gasteiger partial charge on any atom is -0.624 e. The summed E-state index contributed by atoms with van der Waals surface area (Å²) < 4.78 is 22.8. The van der Waals surface area contributed by atoms with Crippen molar-refractivity contribution in [3.63, 3.8) is 0 Å². The zero-order valence-corrected chi connectivity index (χ0v) is 9.88. The smallest absolute Gasteiger partial charge is 0.190 e.